The summed E-state index contributed by atoms with van der Waals surface area (Å²) < 4.78 is 36.5. The van der Waals surface area contributed by atoms with Crippen LogP contribution in [0, 0.1) is 11.6 Å². The summed E-state index contributed by atoms with van der Waals surface area (Å²) in [5.74, 6) is -1.83. The van der Waals surface area contributed by atoms with Crippen LogP contribution in [0.3, 0.4) is 0 Å². The van der Waals surface area contributed by atoms with E-state index in [1.165, 1.54) is 7.11 Å². The fourth-order valence-corrected chi connectivity index (χ4v) is 2.05. The van der Waals surface area contributed by atoms with Crippen molar-refractivity contribution in [1.82, 2.24) is 5.32 Å². The summed E-state index contributed by atoms with van der Waals surface area (Å²) in [6.07, 6.45) is 0.258. The Kier molecular flexibility index (Phi) is 6.08. The number of benzene rings is 1. The Morgan fingerprint density at radius 2 is 2.05 bits per heavy atom. The maximum Gasteiger partial charge on any atom is 0.325 e. The van der Waals surface area contributed by atoms with Crippen molar-refractivity contribution in [3.05, 3.63) is 29.8 Å². The minimum Gasteiger partial charge on any atom is -0.490 e. The number of methoxy groups -OCH3 is 1. The highest BCUT2D eigenvalue weighted by Crippen LogP contribution is 2.20. The molecule has 0 saturated carbocycles. The molecule has 1 aromatic carbocycles. The number of rotatable bonds is 7. The van der Waals surface area contributed by atoms with Crippen molar-refractivity contribution in [2.45, 2.75) is 38.8 Å². The monoisotopic (exact) mass is 301 g/mol. The van der Waals surface area contributed by atoms with E-state index in [0.29, 0.717) is 0 Å². The SMILES string of the molecule is COC(=O)C(C)(CCOc1cc(F)ccc1F)NC(C)C. The van der Waals surface area contributed by atoms with Gasteiger partial charge in [0.1, 0.15) is 11.4 Å². The van der Waals surface area contributed by atoms with E-state index >= 15 is 0 Å². The highest BCUT2D eigenvalue weighted by Gasteiger charge is 2.34. The average Bonchev–Trinajstić information content (AvgIpc) is 2.40. The molecule has 0 spiro atoms. The molecule has 21 heavy (non-hydrogen) atoms. The number of carbonyl (C=O) groups excluding carboxylic acids is 1. The molecule has 1 aromatic rings. The molecule has 0 amide bonds. The van der Waals surface area contributed by atoms with Crippen molar-refractivity contribution in [3.8, 4) is 5.75 Å². The van der Waals surface area contributed by atoms with Gasteiger partial charge in [-0.15, -0.1) is 0 Å². The standard InChI is InChI=1S/C15H21F2NO3/c1-10(2)18-15(3,14(19)20-4)7-8-21-13-9-11(16)5-6-12(13)17/h5-6,9-10,18H,7-8H2,1-4H3. The first-order chi connectivity index (χ1) is 9.78. The van der Waals surface area contributed by atoms with Crippen LogP contribution < -0.4 is 10.1 Å². The number of ether oxygens (including phenoxy) is 2. The Balaban J connectivity index is 2.69. The second-order valence-electron chi connectivity index (χ2n) is 5.30. The molecule has 0 heterocycles. The Bertz CT molecular complexity index is 494. The van der Waals surface area contributed by atoms with Gasteiger partial charge in [0.05, 0.1) is 13.7 Å². The third kappa shape index (κ3) is 4.97. The third-order valence-corrected chi connectivity index (χ3v) is 3.00. The topological polar surface area (TPSA) is 47.6 Å². The van der Waals surface area contributed by atoms with Gasteiger partial charge in [-0.25, -0.2) is 8.78 Å². The summed E-state index contributed by atoms with van der Waals surface area (Å²) in [4.78, 5) is 11.9. The first-order valence-corrected chi connectivity index (χ1v) is 6.72. The number of halogens is 2. The van der Waals surface area contributed by atoms with Gasteiger partial charge in [-0.3, -0.25) is 10.1 Å². The van der Waals surface area contributed by atoms with Crippen molar-refractivity contribution in [1.29, 1.82) is 0 Å². The van der Waals surface area contributed by atoms with Gasteiger partial charge in [0.15, 0.2) is 11.6 Å². The van der Waals surface area contributed by atoms with Crippen LogP contribution in [-0.4, -0.2) is 31.3 Å². The maximum absolute atomic E-state index is 13.4. The van der Waals surface area contributed by atoms with Gasteiger partial charge >= 0.3 is 5.97 Å². The maximum atomic E-state index is 13.4. The lowest BCUT2D eigenvalue weighted by Gasteiger charge is -2.30. The molecule has 1 N–H and O–H groups in total. The molecule has 118 valence electrons. The normalized spacial score (nSPS) is 13.9. The lowest BCUT2D eigenvalue weighted by Crippen LogP contribution is -2.53. The molecule has 0 aliphatic carbocycles. The Hall–Kier alpha value is -1.69. The zero-order chi connectivity index (χ0) is 16.0. The van der Waals surface area contributed by atoms with Crippen LogP contribution in [-0.2, 0) is 9.53 Å². The molecule has 0 aliphatic rings. The van der Waals surface area contributed by atoms with Gasteiger partial charge in [0.2, 0.25) is 0 Å². The minimum atomic E-state index is -0.952. The molecule has 0 aromatic heterocycles. The highest BCUT2D eigenvalue weighted by molar-refractivity contribution is 5.80. The van der Waals surface area contributed by atoms with E-state index in [1.807, 2.05) is 13.8 Å². The van der Waals surface area contributed by atoms with Crippen LogP contribution >= 0.6 is 0 Å². The van der Waals surface area contributed by atoms with Crippen molar-refractivity contribution in [2.24, 2.45) is 0 Å². The predicted molar refractivity (Wildman–Crippen MR) is 75.2 cm³/mol. The van der Waals surface area contributed by atoms with Gasteiger partial charge in [-0.1, -0.05) is 0 Å². The molecule has 0 aliphatic heterocycles. The fraction of sp³-hybridized carbons (Fsp3) is 0.533. The summed E-state index contributed by atoms with van der Waals surface area (Å²) in [6.45, 7) is 5.53. The summed E-state index contributed by atoms with van der Waals surface area (Å²) in [6, 6.07) is 3.04. The Morgan fingerprint density at radius 1 is 1.38 bits per heavy atom. The molecule has 0 radical (unpaired) electrons. The highest BCUT2D eigenvalue weighted by atomic mass is 19.1. The van der Waals surface area contributed by atoms with Crippen molar-refractivity contribution < 1.29 is 23.0 Å². The molecular weight excluding hydrogens is 280 g/mol. The fourth-order valence-electron chi connectivity index (χ4n) is 2.05. The quantitative estimate of drug-likeness (QED) is 0.787. The average molecular weight is 301 g/mol. The minimum absolute atomic E-state index is 0.0473. The largest absolute Gasteiger partial charge is 0.490 e. The Morgan fingerprint density at radius 3 is 2.62 bits per heavy atom. The first kappa shape index (κ1) is 17.4. The van der Waals surface area contributed by atoms with Gasteiger partial charge in [-0.05, 0) is 32.9 Å². The summed E-state index contributed by atoms with van der Waals surface area (Å²) in [5, 5.41) is 3.10. The van der Waals surface area contributed by atoms with E-state index in [1.54, 1.807) is 6.92 Å². The molecule has 0 saturated heterocycles. The summed E-state index contributed by atoms with van der Waals surface area (Å²) in [7, 11) is 1.30. The molecule has 4 nitrogen and oxygen atoms in total. The molecule has 0 bridgehead atoms. The van der Waals surface area contributed by atoms with Gasteiger partial charge in [0, 0.05) is 18.5 Å². The molecule has 0 fully saturated rings. The number of hydrogen-bond acceptors (Lipinski definition) is 4. The van der Waals surface area contributed by atoms with Crippen LogP contribution in [0.1, 0.15) is 27.2 Å². The van der Waals surface area contributed by atoms with E-state index in [2.05, 4.69) is 5.32 Å². The Labute approximate surface area is 123 Å². The van der Waals surface area contributed by atoms with Gasteiger partial charge in [0.25, 0.3) is 0 Å². The molecular formula is C15H21F2NO3. The molecule has 1 atom stereocenters. The number of carbonyl (C=O) groups is 1. The summed E-state index contributed by atoms with van der Waals surface area (Å²) >= 11 is 0. The predicted octanol–water partition coefficient (Wildman–Crippen LogP) is 2.66. The smallest absolute Gasteiger partial charge is 0.325 e. The molecule has 1 rings (SSSR count). The van der Waals surface area contributed by atoms with Crippen molar-refractivity contribution in [3.63, 3.8) is 0 Å². The second-order valence-corrected chi connectivity index (χ2v) is 5.30. The van der Waals surface area contributed by atoms with E-state index in [9.17, 15) is 13.6 Å². The number of hydrogen-bond donors (Lipinski definition) is 1. The molecule has 1 unspecified atom stereocenters. The zero-order valence-electron chi connectivity index (χ0n) is 12.7. The van der Waals surface area contributed by atoms with Gasteiger partial charge in [-0.2, -0.15) is 0 Å². The van der Waals surface area contributed by atoms with Crippen LogP contribution in [0.25, 0.3) is 0 Å². The first-order valence-electron chi connectivity index (χ1n) is 6.72. The summed E-state index contributed by atoms with van der Waals surface area (Å²) in [5.41, 5.74) is -0.952. The van der Waals surface area contributed by atoms with E-state index in [-0.39, 0.29) is 24.8 Å². The van der Waals surface area contributed by atoms with E-state index in [0.717, 1.165) is 18.2 Å². The van der Waals surface area contributed by atoms with Crippen molar-refractivity contribution in [2.75, 3.05) is 13.7 Å². The van der Waals surface area contributed by atoms with Crippen LogP contribution in [0.4, 0.5) is 8.78 Å². The van der Waals surface area contributed by atoms with E-state index in [4.69, 9.17) is 9.47 Å². The van der Waals surface area contributed by atoms with E-state index < -0.39 is 23.1 Å². The van der Waals surface area contributed by atoms with Crippen LogP contribution in [0.15, 0.2) is 18.2 Å². The van der Waals surface area contributed by atoms with Gasteiger partial charge < -0.3 is 9.47 Å². The number of nitrogens with one attached hydrogen (secondary N) is 1. The van der Waals surface area contributed by atoms with Crippen LogP contribution in [0.5, 0.6) is 5.75 Å². The van der Waals surface area contributed by atoms with Crippen molar-refractivity contribution >= 4 is 5.97 Å². The lowest BCUT2D eigenvalue weighted by molar-refractivity contribution is -0.148. The molecule has 6 heteroatoms. The zero-order valence-corrected chi connectivity index (χ0v) is 12.7. The number of esters is 1. The second kappa shape index (κ2) is 7.36. The lowest BCUT2D eigenvalue weighted by atomic mass is 9.97. The van der Waals surface area contributed by atoms with Crippen LogP contribution in [0.2, 0.25) is 0 Å². The third-order valence-electron chi connectivity index (χ3n) is 3.00.